The Morgan fingerprint density at radius 3 is 1.11 bits per heavy atom. The first-order valence-electron chi connectivity index (χ1n) is 5.08. The van der Waals surface area contributed by atoms with Crippen LogP contribution in [0.15, 0.2) is 0 Å². The molecule has 0 aliphatic carbocycles. The Morgan fingerprint density at radius 2 is 0.889 bits per heavy atom. The van der Waals surface area contributed by atoms with E-state index in [-0.39, 0.29) is 47.5 Å². The molecule has 0 aromatic heterocycles. The Hall–Kier alpha value is -1.61. The van der Waals surface area contributed by atoms with Crippen LogP contribution in [-0.4, -0.2) is 47.9 Å². The van der Waals surface area contributed by atoms with E-state index in [1.165, 1.54) is 0 Å². The zero-order valence-electron chi connectivity index (χ0n) is 8.99. The summed E-state index contributed by atoms with van der Waals surface area (Å²) in [6.07, 6.45) is 0. The van der Waals surface area contributed by atoms with Crippen LogP contribution >= 0.6 is 0 Å². The first-order valence-corrected chi connectivity index (χ1v) is 5.08. The number of fused-ring (bicyclic) bond motifs is 2. The van der Waals surface area contributed by atoms with E-state index >= 15 is 0 Å². The van der Waals surface area contributed by atoms with Gasteiger partial charge in [0, 0.05) is 0 Å². The van der Waals surface area contributed by atoms with E-state index in [1.54, 1.807) is 0 Å². The van der Waals surface area contributed by atoms with Crippen molar-refractivity contribution < 1.29 is 39.0 Å². The second-order valence-electron chi connectivity index (χ2n) is 3.70. The van der Waals surface area contributed by atoms with Gasteiger partial charge in [-0.3, -0.25) is 0 Å². The van der Waals surface area contributed by atoms with E-state index < -0.39 is 14.2 Å². The average molecular weight is 254 g/mol. The van der Waals surface area contributed by atoms with Gasteiger partial charge < -0.3 is 39.0 Å². The number of ether oxygens (including phenoxy) is 4. The largest absolute Gasteiger partial charge is 0.496 e. The van der Waals surface area contributed by atoms with Crippen LogP contribution in [0.4, 0.5) is 0 Å². The summed E-state index contributed by atoms with van der Waals surface area (Å²) in [6.45, 7) is -0.338. The Balaban J connectivity index is 2.32. The lowest BCUT2D eigenvalue weighted by Gasteiger charge is -2.13. The highest BCUT2D eigenvalue weighted by molar-refractivity contribution is 6.65. The molecule has 0 spiro atoms. The number of hydrogen-bond acceptors (Lipinski definition) is 8. The highest BCUT2D eigenvalue weighted by Crippen LogP contribution is 2.40. The van der Waals surface area contributed by atoms with Crippen LogP contribution in [0, 0.1) is 0 Å². The lowest BCUT2D eigenvalue weighted by Crippen LogP contribution is -2.37. The summed E-state index contributed by atoms with van der Waals surface area (Å²) in [4.78, 5) is 0. The summed E-state index contributed by atoms with van der Waals surface area (Å²) in [5.74, 6) is 0.0457. The van der Waals surface area contributed by atoms with E-state index in [1.807, 2.05) is 0 Å². The van der Waals surface area contributed by atoms with Crippen molar-refractivity contribution in [1.29, 1.82) is 0 Å². The normalized spacial score (nSPS) is 14.9. The molecule has 0 fully saturated rings. The molecule has 1 aromatic rings. The lowest BCUT2D eigenvalue weighted by molar-refractivity contribution is 0.167. The smallest absolute Gasteiger partial charge is 0.454 e. The minimum atomic E-state index is -1.86. The summed E-state index contributed by atoms with van der Waals surface area (Å²) >= 11 is 0. The van der Waals surface area contributed by atoms with Crippen molar-refractivity contribution >= 4 is 25.2 Å². The van der Waals surface area contributed by atoms with Gasteiger partial charge in [-0.25, -0.2) is 0 Å². The second kappa shape index (κ2) is 3.95. The van der Waals surface area contributed by atoms with E-state index in [9.17, 15) is 20.1 Å². The standard InChI is InChI=1S/C8H8B2O8/c11-9(12)3-5-6(16-1-15-5)4(10(13)14)8-7(3)17-2-18-8/h11-14H,1-2H2. The molecule has 0 atom stereocenters. The summed E-state index contributed by atoms with van der Waals surface area (Å²) in [7, 11) is -3.72. The van der Waals surface area contributed by atoms with Crippen LogP contribution in [-0.2, 0) is 0 Å². The monoisotopic (exact) mass is 254 g/mol. The van der Waals surface area contributed by atoms with Crippen molar-refractivity contribution in [3.63, 3.8) is 0 Å². The van der Waals surface area contributed by atoms with Crippen LogP contribution in [0.1, 0.15) is 0 Å². The third-order valence-corrected chi connectivity index (χ3v) is 2.72. The maximum absolute atomic E-state index is 9.34. The molecule has 0 saturated carbocycles. The molecule has 0 radical (unpaired) electrons. The first-order chi connectivity index (χ1) is 8.61. The minimum absolute atomic E-state index is 0.0114. The molecule has 0 saturated heterocycles. The third-order valence-electron chi connectivity index (χ3n) is 2.72. The Kier molecular flexibility index (Phi) is 2.52. The SMILES string of the molecule is OB(O)c1c2c(c(B(O)O)c3c1OCO3)OCO2. The Labute approximate surface area is 102 Å². The van der Waals surface area contributed by atoms with E-state index in [0.717, 1.165) is 0 Å². The zero-order valence-corrected chi connectivity index (χ0v) is 8.99. The van der Waals surface area contributed by atoms with E-state index in [0.29, 0.717) is 0 Å². The zero-order chi connectivity index (χ0) is 12.9. The maximum atomic E-state index is 9.34. The number of rotatable bonds is 2. The summed E-state index contributed by atoms with van der Waals surface area (Å²) in [5, 5.41) is 37.4. The minimum Gasteiger partial charge on any atom is -0.454 e. The van der Waals surface area contributed by atoms with Gasteiger partial charge in [0.25, 0.3) is 0 Å². The highest BCUT2D eigenvalue weighted by Gasteiger charge is 2.41. The fraction of sp³-hybridized carbons (Fsp3) is 0.250. The molecule has 0 bridgehead atoms. The van der Waals surface area contributed by atoms with Crippen LogP contribution < -0.4 is 29.9 Å². The summed E-state index contributed by atoms with van der Waals surface area (Å²) < 4.78 is 20.4. The average Bonchev–Trinajstić information content (AvgIpc) is 2.91. The quantitative estimate of drug-likeness (QED) is 0.401. The maximum Gasteiger partial charge on any atom is 0.496 e. The molecule has 2 aliphatic rings. The molecule has 1 aromatic carbocycles. The molecule has 94 valence electrons. The van der Waals surface area contributed by atoms with Crippen LogP contribution in [0.5, 0.6) is 23.0 Å². The molecule has 2 aliphatic heterocycles. The van der Waals surface area contributed by atoms with Crippen LogP contribution in [0.25, 0.3) is 0 Å². The molecule has 10 heteroatoms. The summed E-state index contributed by atoms with van der Waals surface area (Å²) in [5.41, 5.74) is -0.112. The second-order valence-corrected chi connectivity index (χ2v) is 3.70. The molecule has 2 heterocycles. The first kappa shape index (κ1) is 11.5. The van der Waals surface area contributed by atoms with Crippen molar-refractivity contribution in [1.82, 2.24) is 0 Å². The molecule has 0 amide bonds. The fourth-order valence-electron chi connectivity index (χ4n) is 2.03. The molecular formula is C8H8B2O8. The molecule has 3 rings (SSSR count). The van der Waals surface area contributed by atoms with Crippen LogP contribution in [0.3, 0.4) is 0 Å². The number of hydrogen-bond donors (Lipinski definition) is 4. The topological polar surface area (TPSA) is 118 Å². The Morgan fingerprint density at radius 1 is 0.611 bits per heavy atom. The molecular weight excluding hydrogens is 246 g/mol. The van der Waals surface area contributed by atoms with E-state index in [2.05, 4.69) is 0 Å². The van der Waals surface area contributed by atoms with Crippen LogP contribution in [0.2, 0.25) is 0 Å². The molecule has 18 heavy (non-hydrogen) atoms. The highest BCUT2D eigenvalue weighted by atomic mass is 16.7. The summed E-state index contributed by atoms with van der Waals surface area (Å²) in [6, 6.07) is 0. The van der Waals surface area contributed by atoms with Gasteiger partial charge >= 0.3 is 14.2 Å². The van der Waals surface area contributed by atoms with Gasteiger partial charge in [-0.1, -0.05) is 0 Å². The number of benzene rings is 1. The molecule has 4 N–H and O–H groups in total. The van der Waals surface area contributed by atoms with Crippen molar-refractivity contribution in [2.75, 3.05) is 13.6 Å². The fourth-order valence-corrected chi connectivity index (χ4v) is 2.03. The van der Waals surface area contributed by atoms with Gasteiger partial charge in [0.15, 0.2) is 23.0 Å². The van der Waals surface area contributed by atoms with E-state index in [4.69, 9.17) is 18.9 Å². The van der Waals surface area contributed by atoms with Crippen molar-refractivity contribution in [3.8, 4) is 23.0 Å². The van der Waals surface area contributed by atoms with Gasteiger partial charge in [0.1, 0.15) is 0 Å². The van der Waals surface area contributed by atoms with Gasteiger partial charge in [-0.15, -0.1) is 0 Å². The molecule has 8 nitrogen and oxygen atoms in total. The van der Waals surface area contributed by atoms with Gasteiger partial charge in [-0.2, -0.15) is 0 Å². The van der Waals surface area contributed by atoms with Crippen molar-refractivity contribution in [2.24, 2.45) is 0 Å². The predicted octanol–water partition coefficient (Wildman–Crippen LogP) is -3.50. The third kappa shape index (κ3) is 1.44. The van der Waals surface area contributed by atoms with Crippen molar-refractivity contribution in [2.45, 2.75) is 0 Å². The molecule has 0 unspecified atom stereocenters. The lowest BCUT2D eigenvalue weighted by atomic mass is 9.72. The van der Waals surface area contributed by atoms with Crippen molar-refractivity contribution in [3.05, 3.63) is 0 Å². The van der Waals surface area contributed by atoms with Gasteiger partial charge in [0.2, 0.25) is 13.6 Å². The van der Waals surface area contributed by atoms with Gasteiger partial charge in [0.05, 0.1) is 10.9 Å². The predicted molar refractivity (Wildman–Crippen MR) is 58.3 cm³/mol. The Bertz CT molecular complexity index is 424. The van der Waals surface area contributed by atoms with Gasteiger partial charge in [-0.05, 0) is 0 Å².